The van der Waals surface area contributed by atoms with Crippen LogP contribution in [0.1, 0.15) is 40.0 Å². The Morgan fingerprint density at radius 2 is 2.11 bits per heavy atom. The van der Waals surface area contributed by atoms with Crippen molar-refractivity contribution in [1.29, 1.82) is 0 Å². The summed E-state index contributed by atoms with van der Waals surface area (Å²) in [7, 11) is -3.30. The fourth-order valence-corrected chi connectivity index (χ4v) is 3.87. The number of ether oxygens (including phenoxy) is 1. The van der Waals surface area contributed by atoms with Gasteiger partial charge in [0.15, 0.2) is 0 Å². The van der Waals surface area contributed by atoms with Crippen LogP contribution in [0.15, 0.2) is 0 Å². The van der Waals surface area contributed by atoms with Gasteiger partial charge in [-0.1, -0.05) is 20.8 Å². The fourth-order valence-electron chi connectivity index (χ4n) is 2.12. The lowest BCUT2D eigenvalue weighted by atomic mass is 9.85. The molecule has 1 fully saturated rings. The lowest BCUT2D eigenvalue weighted by Crippen LogP contribution is -2.46. The highest BCUT2D eigenvalue weighted by molar-refractivity contribution is 7.89. The zero-order chi connectivity index (χ0) is 13.8. The maximum absolute atomic E-state index is 12.1. The molecule has 2 unspecified atom stereocenters. The van der Waals surface area contributed by atoms with Crippen LogP contribution < -0.4 is 10.5 Å². The first-order valence-electron chi connectivity index (χ1n) is 6.56. The Kier molecular flexibility index (Phi) is 5.58. The van der Waals surface area contributed by atoms with Crippen LogP contribution in [0.5, 0.6) is 0 Å². The molecule has 3 N–H and O–H groups in total. The van der Waals surface area contributed by atoms with Gasteiger partial charge in [0.1, 0.15) is 0 Å². The largest absolute Gasteiger partial charge is 0.377 e. The van der Waals surface area contributed by atoms with E-state index in [9.17, 15) is 8.42 Å². The van der Waals surface area contributed by atoms with Gasteiger partial charge in [-0.25, -0.2) is 13.1 Å². The van der Waals surface area contributed by atoms with Gasteiger partial charge >= 0.3 is 0 Å². The standard InChI is InChI=1S/C12H26N2O3S/c1-12(2,3)11(6-7-13)14-18(15,16)9-10-5-4-8-17-10/h10-11,14H,4-9,13H2,1-3H3. The highest BCUT2D eigenvalue weighted by Crippen LogP contribution is 2.23. The lowest BCUT2D eigenvalue weighted by Gasteiger charge is -2.31. The van der Waals surface area contributed by atoms with Crippen molar-refractivity contribution < 1.29 is 13.2 Å². The third-order valence-corrected chi connectivity index (χ3v) is 4.71. The van der Waals surface area contributed by atoms with Gasteiger partial charge in [0.05, 0.1) is 11.9 Å². The summed E-state index contributed by atoms with van der Waals surface area (Å²) >= 11 is 0. The van der Waals surface area contributed by atoms with E-state index in [2.05, 4.69) is 4.72 Å². The summed E-state index contributed by atoms with van der Waals surface area (Å²) in [6, 6.07) is -0.131. The maximum Gasteiger partial charge on any atom is 0.214 e. The molecule has 0 amide bonds. The van der Waals surface area contributed by atoms with Gasteiger partial charge < -0.3 is 10.5 Å². The first kappa shape index (κ1) is 15.9. The van der Waals surface area contributed by atoms with Crippen LogP contribution in [-0.2, 0) is 14.8 Å². The van der Waals surface area contributed by atoms with Crippen molar-refractivity contribution in [2.24, 2.45) is 11.1 Å². The van der Waals surface area contributed by atoms with Crippen molar-refractivity contribution in [2.75, 3.05) is 18.9 Å². The van der Waals surface area contributed by atoms with Crippen LogP contribution in [0.25, 0.3) is 0 Å². The third kappa shape index (κ3) is 5.22. The van der Waals surface area contributed by atoms with Crippen molar-refractivity contribution in [2.45, 2.75) is 52.2 Å². The quantitative estimate of drug-likeness (QED) is 0.754. The van der Waals surface area contributed by atoms with Crippen molar-refractivity contribution in [3.8, 4) is 0 Å². The number of sulfonamides is 1. The monoisotopic (exact) mass is 278 g/mol. The molecular weight excluding hydrogens is 252 g/mol. The van der Waals surface area contributed by atoms with E-state index in [1.165, 1.54) is 0 Å². The number of nitrogens with one attached hydrogen (secondary N) is 1. The van der Waals surface area contributed by atoms with E-state index >= 15 is 0 Å². The minimum atomic E-state index is -3.30. The molecule has 18 heavy (non-hydrogen) atoms. The van der Waals surface area contributed by atoms with Gasteiger partial charge in [0.2, 0.25) is 10.0 Å². The molecule has 6 heteroatoms. The SMILES string of the molecule is CC(C)(C)C(CCN)NS(=O)(=O)CC1CCCO1. The van der Waals surface area contributed by atoms with E-state index in [0.29, 0.717) is 19.6 Å². The molecule has 0 aromatic heterocycles. The predicted octanol–water partition coefficient (Wildman–Crippen LogP) is 0.848. The average Bonchev–Trinajstić information content (AvgIpc) is 2.67. The second-order valence-corrected chi connectivity index (χ2v) is 7.83. The molecule has 0 bridgehead atoms. The van der Waals surface area contributed by atoms with Crippen molar-refractivity contribution in [3.05, 3.63) is 0 Å². The Morgan fingerprint density at radius 1 is 1.44 bits per heavy atom. The zero-order valence-corrected chi connectivity index (χ0v) is 12.4. The van der Waals surface area contributed by atoms with Gasteiger partial charge in [0.25, 0.3) is 0 Å². The van der Waals surface area contributed by atoms with Crippen LogP contribution in [0.2, 0.25) is 0 Å². The van der Waals surface area contributed by atoms with Crippen molar-refractivity contribution >= 4 is 10.0 Å². The molecule has 1 heterocycles. The molecule has 2 atom stereocenters. The lowest BCUT2D eigenvalue weighted by molar-refractivity contribution is 0.127. The molecule has 0 aliphatic carbocycles. The highest BCUT2D eigenvalue weighted by Gasteiger charge is 2.30. The van der Waals surface area contributed by atoms with Crippen molar-refractivity contribution in [1.82, 2.24) is 4.72 Å². The van der Waals surface area contributed by atoms with Crippen LogP contribution >= 0.6 is 0 Å². The molecule has 0 aromatic carbocycles. The molecule has 0 saturated carbocycles. The summed E-state index contributed by atoms with van der Waals surface area (Å²) in [5, 5.41) is 0. The second-order valence-electron chi connectivity index (χ2n) is 6.03. The van der Waals surface area contributed by atoms with E-state index in [1.807, 2.05) is 20.8 Å². The third-order valence-electron chi connectivity index (χ3n) is 3.25. The summed E-state index contributed by atoms with van der Waals surface area (Å²) in [5.41, 5.74) is 5.41. The Labute approximate surface area is 111 Å². The number of rotatable bonds is 6. The molecule has 0 aromatic rings. The molecule has 0 spiro atoms. The van der Waals surface area contributed by atoms with Gasteiger partial charge in [0, 0.05) is 12.6 Å². The number of nitrogens with two attached hydrogens (primary N) is 1. The Balaban J connectivity index is 2.60. The van der Waals surface area contributed by atoms with Crippen LogP contribution in [0.3, 0.4) is 0 Å². The van der Waals surface area contributed by atoms with E-state index in [4.69, 9.17) is 10.5 Å². The minimum Gasteiger partial charge on any atom is -0.377 e. The average molecular weight is 278 g/mol. The molecular formula is C12H26N2O3S. The van der Waals surface area contributed by atoms with Gasteiger partial charge in [-0.3, -0.25) is 0 Å². The smallest absolute Gasteiger partial charge is 0.214 e. The van der Waals surface area contributed by atoms with Crippen LogP contribution in [-0.4, -0.2) is 39.5 Å². The molecule has 108 valence electrons. The molecule has 0 radical (unpaired) electrons. The van der Waals surface area contributed by atoms with E-state index < -0.39 is 10.0 Å². The topological polar surface area (TPSA) is 81.4 Å². The van der Waals surface area contributed by atoms with Gasteiger partial charge in [-0.15, -0.1) is 0 Å². The summed E-state index contributed by atoms with van der Waals surface area (Å²) in [5.74, 6) is 0.0597. The predicted molar refractivity (Wildman–Crippen MR) is 72.8 cm³/mol. The van der Waals surface area contributed by atoms with Crippen molar-refractivity contribution in [3.63, 3.8) is 0 Å². The number of hydrogen-bond donors (Lipinski definition) is 2. The van der Waals surface area contributed by atoms with E-state index in [-0.39, 0.29) is 23.3 Å². The first-order chi connectivity index (χ1) is 8.24. The molecule has 5 nitrogen and oxygen atoms in total. The molecule has 1 saturated heterocycles. The Morgan fingerprint density at radius 3 is 2.56 bits per heavy atom. The fraction of sp³-hybridized carbons (Fsp3) is 1.00. The number of hydrogen-bond acceptors (Lipinski definition) is 4. The molecule has 1 aliphatic rings. The van der Waals surface area contributed by atoms with Gasteiger partial charge in [-0.2, -0.15) is 0 Å². The normalized spacial score (nSPS) is 23.2. The summed E-state index contributed by atoms with van der Waals surface area (Å²) in [6.45, 7) is 7.20. The van der Waals surface area contributed by atoms with E-state index in [1.54, 1.807) is 0 Å². The minimum absolute atomic E-state index is 0.0597. The Hall–Kier alpha value is -0.170. The second kappa shape index (κ2) is 6.32. The Bertz CT molecular complexity index is 343. The van der Waals surface area contributed by atoms with E-state index in [0.717, 1.165) is 12.8 Å². The summed E-state index contributed by atoms with van der Waals surface area (Å²) < 4.78 is 32.3. The molecule has 1 aliphatic heterocycles. The summed E-state index contributed by atoms with van der Waals surface area (Å²) in [4.78, 5) is 0. The van der Waals surface area contributed by atoms with Crippen LogP contribution in [0.4, 0.5) is 0 Å². The van der Waals surface area contributed by atoms with Gasteiger partial charge in [-0.05, 0) is 31.2 Å². The maximum atomic E-state index is 12.1. The molecule has 1 rings (SSSR count). The first-order valence-corrected chi connectivity index (χ1v) is 8.21. The zero-order valence-electron chi connectivity index (χ0n) is 11.6. The van der Waals surface area contributed by atoms with Crippen LogP contribution in [0, 0.1) is 5.41 Å². The summed E-state index contributed by atoms with van der Waals surface area (Å²) in [6.07, 6.45) is 2.28. The highest BCUT2D eigenvalue weighted by atomic mass is 32.2.